The third kappa shape index (κ3) is 2.92. The average molecular weight is 418 g/mol. The molecule has 0 aliphatic heterocycles. The first-order valence-corrected chi connectivity index (χ1v) is 13.3. The second-order valence-electron chi connectivity index (χ2n) is 13.5. The fraction of sp³-hybridized carbons (Fsp3) is 0.759. The summed E-state index contributed by atoms with van der Waals surface area (Å²) in [6.07, 6.45) is 16.1. The normalized spacial score (nSPS) is 48.9. The molecule has 2 unspecified atom stereocenters. The molecule has 8 saturated carbocycles. The Kier molecular flexibility index (Phi) is 3.95. The molecule has 9 rings (SSSR count). The molecule has 0 spiro atoms. The van der Waals surface area contributed by atoms with E-state index in [-0.39, 0.29) is 10.8 Å². The quantitative estimate of drug-likeness (QED) is 0.624. The number of hydrogen-bond acceptors (Lipinski definition) is 1. The molecule has 166 valence electrons. The first-order chi connectivity index (χ1) is 14.9. The lowest BCUT2D eigenvalue weighted by molar-refractivity contribution is -0.150. The van der Waals surface area contributed by atoms with Gasteiger partial charge < -0.3 is 5.32 Å². The van der Waals surface area contributed by atoms with Gasteiger partial charge in [-0.3, -0.25) is 4.79 Å². The number of amides is 1. The number of benzene rings is 1. The standard InChI is InChI=1S/C29H39NO/c1-19-2-4-25(5-3-19)28-13-23-9-24(14-28)16-29(15-23,17-28)26(31)30-18-27-10-20-6-21(11-27)8-22(7-20)12-27/h2-5,20-24H,6-18H2,1H3,(H,30,31). The van der Waals surface area contributed by atoms with Crippen molar-refractivity contribution in [1.29, 1.82) is 0 Å². The second kappa shape index (κ2) is 6.39. The van der Waals surface area contributed by atoms with Gasteiger partial charge in [-0.1, -0.05) is 29.8 Å². The van der Waals surface area contributed by atoms with Crippen LogP contribution < -0.4 is 5.32 Å². The maximum Gasteiger partial charge on any atom is 0.226 e. The van der Waals surface area contributed by atoms with Gasteiger partial charge in [-0.2, -0.15) is 0 Å². The number of carbonyl (C=O) groups excluding carboxylic acids is 1. The zero-order valence-electron chi connectivity index (χ0n) is 19.3. The highest BCUT2D eigenvalue weighted by Gasteiger charge is 2.61. The summed E-state index contributed by atoms with van der Waals surface area (Å²) < 4.78 is 0. The number of nitrogens with one attached hydrogen (secondary N) is 1. The van der Waals surface area contributed by atoms with Gasteiger partial charge in [0.2, 0.25) is 5.91 Å². The van der Waals surface area contributed by atoms with Crippen LogP contribution >= 0.6 is 0 Å². The van der Waals surface area contributed by atoms with Crippen molar-refractivity contribution in [2.24, 2.45) is 40.4 Å². The predicted molar refractivity (Wildman–Crippen MR) is 124 cm³/mol. The Morgan fingerprint density at radius 1 is 0.806 bits per heavy atom. The van der Waals surface area contributed by atoms with Crippen LogP contribution in [-0.4, -0.2) is 12.5 Å². The minimum Gasteiger partial charge on any atom is -0.355 e. The molecule has 1 aromatic rings. The Balaban J connectivity index is 1.13. The van der Waals surface area contributed by atoms with Crippen molar-refractivity contribution in [2.75, 3.05) is 6.54 Å². The summed E-state index contributed by atoms with van der Waals surface area (Å²) in [5.41, 5.74) is 3.48. The monoisotopic (exact) mass is 417 g/mol. The van der Waals surface area contributed by atoms with Crippen molar-refractivity contribution in [3.05, 3.63) is 35.4 Å². The van der Waals surface area contributed by atoms with E-state index in [4.69, 9.17) is 0 Å². The molecule has 8 aliphatic rings. The first kappa shape index (κ1) is 19.2. The molecule has 0 saturated heterocycles. The Hall–Kier alpha value is -1.31. The van der Waals surface area contributed by atoms with Gasteiger partial charge in [0.05, 0.1) is 5.41 Å². The number of carbonyl (C=O) groups is 1. The topological polar surface area (TPSA) is 29.1 Å². The van der Waals surface area contributed by atoms with E-state index in [9.17, 15) is 4.79 Å². The number of hydrogen-bond donors (Lipinski definition) is 1. The molecule has 0 heterocycles. The summed E-state index contributed by atoms with van der Waals surface area (Å²) in [5.74, 6) is 4.85. The second-order valence-corrected chi connectivity index (χ2v) is 13.5. The number of rotatable bonds is 4. The van der Waals surface area contributed by atoms with Crippen LogP contribution in [0, 0.1) is 47.3 Å². The SMILES string of the molecule is Cc1ccc(C23CC4CC(CC(C(=O)NCC56CC7CC(CC(C7)C5)C6)(C4)C2)C3)cc1. The summed E-state index contributed by atoms with van der Waals surface area (Å²) in [6.45, 7) is 3.16. The highest BCUT2D eigenvalue weighted by molar-refractivity contribution is 5.83. The third-order valence-electron chi connectivity index (χ3n) is 11.0. The van der Waals surface area contributed by atoms with Crippen LogP contribution in [0.25, 0.3) is 0 Å². The summed E-state index contributed by atoms with van der Waals surface area (Å²) in [6, 6.07) is 9.33. The molecule has 1 amide bonds. The van der Waals surface area contributed by atoms with Crippen molar-refractivity contribution in [3.8, 4) is 0 Å². The molecule has 2 heteroatoms. The average Bonchev–Trinajstić information content (AvgIpc) is 2.70. The van der Waals surface area contributed by atoms with E-state index in [0.717, 1.165) is 55.4 Å². The van der Waals surface area contributed by atoms with Gasteiger partial charge in [0, 0.05) is 6.54 Å². The largest absolute Gasteiger partial charge is 0.355 e. The van der Waals surface area contributed by atoms with Crippen molar-refractivity contribution in [2.45, 2.75) is 89.4 Å². The van der Waals surface area contributed by atoms with Gasteiger partial charge in [-0.05, 0) is 130 Å². The van der Waals surface area contributed by atoms with E-state index in [1.54, 1.807) is 0 Å². The predicted octanol–water partition coefficient (Wildman–Crippen LogP) is 6.17. The first-order valence-electron chi connectivity index (χ1n) is 13.3. The van der Waals surface area contributed by atoms with E-state index in [0.29, 0.717) is 11.3 Å². The van der Waals surface area contributed by atoms with Gasteiger partial charge in [0.15, 0.2) is 0 Å². The minimum atomic E-state index is -0.0860. The van der Waals surface area contributed by atoms with Gasteiger partial charge in [-0.25, -0.2) is 0 Å². The van der Waals surface area contributed by atoms with Gasteiger partial charge in [-0.15, -0.1) is 0 Å². The van der Waals surface area contributed by atoms with Crippen molar-refractivity contribution >= 4 is 5.91 Å². The Morgan fingerprint density at radius 2 is 1.35 bits per heavy atom. The van der Waals surface area contributed by atoms with Crippen LogP contribution in [0.2, 0.25) is 0 Å². The third-order valence-corrected chi connectivity index (χ3v) is 11.0. The fourth-order valence-corrected chi connectivity index (χ4v) is 10.7. The van der Waals surface area contributed by atoms with Crippen molar-refractivity contribution in [1.82, 2.24) is 5.32 Å². The van der Waals surface area contributed by atoms with Gasteiger partial charge in [0.1, 0.15) is 0 Å². The molecule has 8 bridgehead atoms. The number of aryl methyl sites for hydroxylation is 1. The molecule has 1 aromatic carbocycles. The van der Waals surface area contributed by atoms with Crippen LogP contribution in [0.3, 0.4) is 0 Å². The zero-order valence-corrected chi connectivity index (χ0v) is 19.3. The molecule has 0 radical (unpaired) electrons. The van der Waals surface area contributed by atoms with E-state index in [2.05, 4.69) is 36.5 Å². The van der Waals surface area contributed by atoms with Gasteiger partial charge >= 0.3 is 0 Å². The Morgan fingerprint density at radius 3 is 1.94 bits per heavy atom. The lowest BCUT2D eigenvalue weighted by Gasteiger charge is -2.62. The highest BCUT2D eigenvalue weighted by atomic mass is 16.2. The lowest BCUT2D eigenvalue weighted by Crippen LogP contribution is -2.60. The summed E-state index contributed by atoms with van der Waals surface area (Å²) in [7, 11) is 0. The van der Waals surface area contributed by atoms with Crippen LogP contribution in [0.15, 0.2) is 24.3 Å². The Labute approximate surface area is 188 Å². The van der Waals surface area contributed by atoms with E-state index >= 15 is 0 Å². The van der Waals surface area contributed by atoms with E-state index in [1.165, 1.54) is 68.9 Å². The molecule has 2 nitrogen and oxygen atoms in total. The molecular weight excluding hydrogens is 378 g/mol. The van der Waals surface area contributed by atoms with Crippen LogP contribution in [0.4, 0.5) is 0 Å². The van der Waals surface area contributed by atoms with Crippen LogP contribution in [0.1, 0.15) is 88.2 Å². The maximum atomic E-state index is 13.9. The maximum absolute atomic E-state index is 13.9. The van der Waals surface area contributed by atoms with Gasteiger partial charge in [0.25, 0.3) is 0 Å². The lowest BCUT2D eigenvalue weighted by atomic mass is 9.42. The van der Waals surface area contributed by atoms with E-state index in [1.807, 2.05) is 0 Å². The molecule has 8 aliphatic carbocycles. The van der Waals surface area contributed by atoms with E-state index < -0.39 is 0 Å². The molecule has 1 N–H and O–H groups in total. The molecular formula is C29H39NO. The smallest absolute Gasteiger partial charge is 0.226 e. The molecule has 31 heavy (non-hydrogen) atoms. The zero-order chi connectivity index (χ0) is 20.8. The van der Waals surface area contributed by atoms with Crippen molar-refractivity contribution < 1.29 is 4.79 Å². The summed E-state index contributed by atoms with van der Waals surface area (Å²) in [5, 5.41) is 3.64. The molecule has 2 atom stereocenters. The van der Waals surface area contributed by atoms with Crippen LogP contribution in [-0.2, 0) is 10.2 Å². The fourth-order valence-electron chi connectivity index (χ4n) is 10.7. The summed E-state index contributed by atoms with van der Waals surface area (Å²) in [4.78, 5) is 13.9. The molecule has 8 fully saturated rings. The molecule has 0 aromatic heterocycles. The highest BCUT2D eigenvalue weighted by Crippen LogP contribution is 2.66. The van der Waals surface area contributed by atoms with Crippen molar-refractivity contribution in [3.63, 3.8) is 0 Å². The minimum absolute atomic E-state index is 0.0860. The Bertz CT molecular complexity index is 849. The van der Waals surface area contributed by atoms with Crippen LogP contribution in [0.5, 0.6) is 0 Å². The summed E-state index contributed by atoms with van der Waals surface area (Å²) >= 11 is 0.